The molecular formula is C14H14ClNO. The summed E-state index contributed by atoms with van der Waals surface area (Å²) in [5, 5.41) is 0.576. The standard InChI is InChI=1S/C14H14ClNO/c1-10-3-2-4-11(7-10)9-17-14-8-12(16)5-6-13(14)15/h2-8H,9,16H2,1H3. The first-order valence-corrected chi connectivity index (χ1v) is 5.76. The van der Waals surface area contributed by atoms with E-state index in [4.69, 9.17) is 22.1 Å². The van der Waals surface area contributed by atoms with Gasteiger partial charge in [-0.2, -0.15) is 0 Å². The van der Waals surface area contributed by atoms with Gasteiger partial charge in [0.05, 0.1) is 5.02 Å². The van der Waals surface area contributed by atoms with Gasteiger partial charge in [0, 0.05) is 11.8 Å². The molecule has 0 spiro atoms. The topological polar surface area (TPSA) is 35.2 Å². The van der Waals surface area contributed by atoms with E-state index in [2.05, 4.69) is 19.1 Å². The summed E-state index contributed by atoms with van der Waals surface area (Å²) in [4.78, 5) is 0. The SMILES string of the molecule is Cc1cccc(COc2cc(N)ccc2Cl)c1. The van der Waals surface area contributed by atoms with Crippen molar-refractivity contribution in [1.82, 2.24) is 0 Å². The van der Waals surface area contributed by atoms with Crippen LogP contribution in [-0.2, 0) is 6.61 Å². The molecule has 0 heterocycles. The third-order valence-electron chi connectivity index (χ3n) is 2.43. The number of nitrogens with two attached hydrogens (primary N) is 1. The predicted molar refractivity (Wildman–Crippen MR) is 71.4 cm³/mol. The van der Waals surface area contributed by atoms with Crippen molar-refractivity contribution in [2.24, 2.45) is 0 Å². The van der Waals surface area contributed by atoms with E-state index in [1.54, 1.807) is 18.2 Å². The minimum Gasteiger partial charge on any atom is -0.487 e. The molecule has 0 fully saturated rings. The Kier molecular flexibility index (Phi) is 3.55. The molecule has 88 valence electrons. The fraction of sp³-hybridized carbons (Fsp3) is 0.143. The largest absolute Gasteiger partial charge is 0.487 e. The Morgan fingerprint density at radius 3 is 2.76 bits per heavy atom. The molecule has 17 heavy (non-hydrogen) atoms. The zero-order chi connectivity index (χ0) is 12.3. The summed E-state index contributed by atoms with van der Waals surface area (Å²) in [6.07, 6.45) is 0. The van der Waals surface area contributed by atoms with Crippen LogP contribution in [0.1, 0.15) is 11.1 Å². The van der Waals surface area contributed by atoms with Crippen molar-refractivity contribution >= 4 is 17.3 Å². The van der Waals surface area contributed by atoms with Crippen molar-refractivity contribution < 1.29 is 4.74 Å². The van der Waals surface area contributed by atoms with Crippen molar-refractivity contribution in [1.29, 1.82) is 0 Å². The summed E-state index contributed by atoms with van der Waals surface area (Å²) in [6, 6.07) is 13.4. The lowest BCUT2D eigenvalue weighted by molar-refractivity contribution is 0.306. The molecule has 2 aromatic rings. The van der Waals surface area contributed by atoms with Crippen LogP contribution in [0.2, 0.25) is 5.02 Å². The first kappa shape index (κ1) is 11.8. The highest BCUT2D eigenvalue weighted by molar-refractivity contribution is 6.32. The van der Waals surface area contributed by atoms with Crippen molar-refractivity contribution in [3.8, 4) is 5.75 Å². The molecule has 0 amide bonds. The van der Waals surface area contributed by atoms with Gasteiger partial charge >= 0.3 is 0 Å². The Labute approximate surface area is 106 Å². The number of ether oxygens (including phenoxy) is 1. The third kappa shape index (κ3) is 3.14. The highest BCUT2D eigenvalue weighted by Gasteiger charge is 2.02. The van der Waals surface area contributed by atoms with Gasteiger partial charge in [-0.05, 0) is 24.6 Å². The number of anilines is 1. The molecule has 0 radical (unpaired) electrons. The van der Waals surface area contributed by atoms with Crippen LogP contribution in [0.15, 0.2) is 42.5 Å². The fourth-order valence-electron chi connectivity index (χ4n) is 1.59. The van der Waals surface area contributed by atoms with Crippen LogP contribution in [0.5, 0.6) is 5.75 Å². The van der Waals surface area contributed by atoms with E-state index in [9.17, 15) is 0 Å². The second-order valence-electron chi connectivity index (χ2n) is 3.97. The molecular weight excluding hydrogens is 234 g/mol. The average molecular weight is 248 g/mol. The summed E-state index contributed by atoms with van der Waals surface area (Å²) in [5.41, 5.74) is 8.66. The number of halogens is 1. The molecule has 0 saturated carbocycles. The number of hydrogen-bond acceptors (Lipinski definition) is 2. The third-order valence-corrected chi connectivity index (χ3v) is 2.74. The molecule has 0 atom stereocenters. The fourth-order valence-corrected chi connectivity index (χ4v) is 1.77. The van der Waals surface area contributed by atoms with Gasteiger partial charge in [0.2, 0.25) is 0 Å². The molecule has 2 N–H and O–H groups in total. The van der Waals surface area contributed by atoms with Crippen molar-refractivity contribution in [2.75, 3.05) is 5.73 Å². The molecule has 0 unspecified atom stereocenters. The van der Waals surface area contributed by atoms with E-state index >= 15 is 0 Å². The predicted octanol–water partition coefficient (Wildman–Crippen LogP) is 3.81. The monoisotopic (exact) mass is 247 g/mol. The molecule has 0 saturated heterocycles. The Balaban J connectivity index is 2.09. The molecule has 2 nitrogen and oxygen atoms in total. The number of hydrogen-bond donors (Lipinski definition) is 1. The highest BCUT2D eigenvalue weighted by atomic mass is 35.5. The van der Waals surface area contributed by atoms with Gasteiger partial charge in [0.15, 0.2) is 0 Å². The molecule has 2 rings (SSSR count). The molecule has 2 aromatic carbocycles. The van der Waals surface area contributed by atoms with Crippen LogP contribution in [0.4, 0.5) is 5.69 Å². The van der Waals surface area contributed by atoms with Crippen LogP contribution in [-0.4, -0.2) is 0 Å². The first-order valence-electron chi connectivity index (χ1n) is 5.38. The molecule has 3 heteroatoms. The Morgan fingerprint density at radius 2 is 2.00 bits per heavy atom. The zero-order valence-corrected chi connectivity index (χ0v) is 10.4. The maximum Gasteiger partial charge on any atom is 0.140 e. The summed E-state index contributed by atoms with van der Waals surface area (Å²) in [5.74, 6) is 0.619. The van der Waals surface area contributed by atoms with Gasteiger partial charge < -0.3 is 10.5 Å². The second kappa shape index (κ2) is 5.11. The van der Waals surface area contributed by atoms with E-state index in [0.717, 1.165) is 5.56 Å². The quantitative estimate of drug-likeness (QED) is 0.837. The highest BCUT2D eigenvalue weighted by Crippen LogP contribution is 2.27. The van der Waals surface area contributed by atoms with Crippen LogP contribution >= 0.6 is 11.6 Å². The Hall–Kier alpha value is -1.67. The Bertz CT molecular complexity index is 525. The summed E-state index contributed by atoms with van der Waals surface area (Å²) in [7, 11) is 0. The van der Waals surface area contributed by atoms with Crippen molar-refractivity contribution in [3.63, 3.8) is 0 Å². The van der Waals surface area contributed by atoms with E-state index < -0.39 is 0 Å². The van der Waals surface area contributed by atoms with Crippen LogP contribution in [0.25, 0.3) is 0 Å². The van der Waals surface area contributed by atoms with E-state index in [1.807, 2.05) is 12.1 Å². The number of benzene rings is 2. The van der Waals surface area contributed by atoms with E-state index in [-0.39, 0.29) is 0 Å². The van der Waals surface area contributed by atoms with Crippen LogP contribution in [0, 0.1) is 6.92 Å². The van der Waals surface area contributed by atoms with Gasteiger partial charge in [-0.1, -0.05) is 41.4 Å². The minimum absolute atomic E-state index is 0.491. The van der Waals surface area contributed by atoms with Gasteiger partial charge in [0.1, 0.15) is 12.4 Å². The smallest absolute Gasteiger partial charge is 0.140 e. The Morgan fingerprint density at radius 1 is 1.18 bits per heavy atom. The lowest BCUT2D eigenvalue weighted by atomic mass is 10.1. The lowest BCUT2D eigenvalue weighted by Gasteiger charge is -2.09. The molecule has 0 aliphatic rings. The lowest BCUT2D eigenvalue weighted by Crippen LogP contribution is -1.97. The molecule has 0 aromatic heterocycles. The average Bonchev–Trinajstić information content (AvgIpc) is 2.30. The summed E-state index contributed by atoms with van der Waals surface area (Å²) >= 11 is 6.01. The number of aryl methyl sites for hydroxylation is 1. The van der Waals surface area contributed by atoms with Crippen LogP contribution < -0.4 is 10.5 Å². The molecule has 0 aliphatic carbocycles. The zero-order valence-electron chi connectivity index (χ0n) is 9.61. The van der Waals surface area contributed by atoms with Crippen LogP contribution in [0.3, 0.4) is 0 Å². The van der Waals surface area contributed by atoms with Gasteiger partial charge in [-0.25, -0.2) is 0 Å². The maximum atomic E-state index is 6.01. The van der Waals surface area contributed by atoms with E-state index in [0.29, 0.717) is 23.1 Å². The summed E-state index contributed by atoms with van der Waals surface area (Å²) in [6.45, 7) is 2.54. The number of nitrogen functional groups attached to an aromatic ring is 1. The van der Waals surface area contributed by atoms with Gasteiger partial charge in [0.25, 0.3) is 0 Å². The number of rotatable bonds is 3. The normalized spacial score (nSPS) is 10.2. The van der Waals surface area contributed by atoms with E-state index in [1.165, 1.54) is 5.56 Å². The summed E-state index contributed by atoms with van der Waals surface area (Å²) < 4.78 is 5.65. The first-order chi connectivity index (χ1) is 8.15. The van der Waals surface area contributed by atoms with Crippen molar-refractivity contribution in [3.05, 3.63) is 58.6 Å². The molecule has 0 bridgehead atoms. The maximum absolute atomic E-state index is 6.01. The second-order valence-corrected chi connectivity index (χ2v) is 4.37. The van der Waals surface area contributed by atoms with Gasteiger partial charge in [-0.3, -0.25) is 0 Å². The molecule has 0 aliphatic heterocycles. The minimum atomic E-state index is 0.491. The van der Waals surface area contributed by atoms with Crippen molar-refractivity contribution in [2.45, 2.75) is 13.5 Å². The van der Waals surface area contributed by atoms with Gasteiger partial charge in [-0.15, -0.1) is 0 Å².